The molecule has 2 aromatic rings. The summed E-state index contributed by atoms with van der Waals surface area (Å²) >= 11 is 2.65. The van der Waals surface area contributed by atoms with E-state index in [9.17, 15) is 4.39 Å². The maximum Gasteiger partial charge on any atom is 0.174 e. The van der Waals surface area contributed by atoms with Crippen molar-refractivity contribution in [2.75, 3.05) is 5.73 Å². The molecule has 16 heavy (non-hydrogen) atoms. The summed E-state index contributed by atoms with van der Waals surface area (Å²) in [6, 6.07) is 4.31. The topological polar surface area (TPSA) is 51.8 Å². The number of hydrogen-bond acceptors (Lipinski definition) is 5. The minimum atomic E-state index is -0.295. The van der Waals surface area contributed by atoms with Crippen LogP contribution < -0.4 is 5.73 Å². The molecule has 0 spiro atoms. The lowest BCUT2D eigenvalue weighted by molar-refractivity contribution is 0.624. The summed E-state index contributed by atoms with van der Waals surface area (Å²) in [6.07, 6.45) is 0.801. The van der Waals surface area contributed by atoms with Crippen molar-refractivity contribution in [1.82, 2.24) is 9.36 Å². The van der Waals surface area contributed by atoms with Crippen molar-refractivity contribution in [3.63, 3.8) is 0 Å². The van der Waals surface area contributed by atoms with Gasteiger partial charge in [-0.25, -0.2) is 9.37 Å². The summed E-state index contributed by atoms with van der Waals surface area (Å²) in [7, 11) is 0. The van der Waals surface area contributed by atoms with E-state index in [0.717, 1.165) is 16.6 Å². The SMILES string of the molecule is CCc1nsc(Sc2cc(F)ccc2N)n1. The van der Waals surface area contributed by atoms with Gasteiger partial charge in [0.15, 0.2) is 4.34 Å². The van der Waals surface area contributed by atoms with E-state index in [2.05, 4.69) is 9.36 Å². The molecule has 2 N–H and O–H groups in total. The van der Waals surface area contributed by atoms with Crippen molar-refractivity contribution in [2.45, 2.75) is 22.6 Å². The number of aromatic nitrogens is 2. The number of rotatable bonds is 3. The van der Waals surface area contributed by atoms with Crippen LogP contribution in [-0.2, 0) is 6.42 Å². The summed E-state index contributed by atoms with van der Waals surface area (Å²) in [5.74, 6) is 0.513. The average Bonchev–Trinajstić information content (AvgIpc) is 2.71. The van der Waals surface area contributed by atoms with Gasteiger partial charge in [0.2, 0.25) is 0 Å². The fourth-order valence-electron chi connectivity index (χ4n) is 1.11. The van der Waals surface area contributed by atoms with E-state index in [0.29, 0.717) is 10.6 Å². The molecular formula is C10H10FN3S2. The molecule has 0 saturated carbocycles. The molecule has 0 unspecified atom stereocenters. The highest BCUT2D eigenvalue weighted by molar-refractivity contribution is 8.01. The van der Waals surface area contributed by atoms with Crippen LogP contribution in [0.25, 0.3) is 0 Å². The highest BCUT2D eigenvalue weighted by atomic mass is 32.2. The molecule has 0 fully saturated rings. The minimum Gasteiger partial charge on any atom is -0.398 e. The molecule has 0 bridgehead atoms. The van der Waals surface area contributed by atoms with E-state index in [1.807, 2.05) is 6.92 Å². The Labute approximate surface area is 101 Å². The molecule has 0 aliphatic heterocycles. The van der Waals surface area contributed by atoms with Crippen molar-refractivity contribution < 1.29 is 4.39 Å². The third-order valence-electron chi connectivity index (χ3n) is 1.94. The van der Waals surface area contributed by atoms with Crippen LogP contribution >= 0.6 is 23.3 Å². The van der Waals surface area contributed by atoms with Gasteiger partial charge in [-0.2, -0.15) is 4.37 Å². The van der Waals surface area contributed by atoms with Crippen molar-refractivity contribution in [3.05, 3.63) is 29.8 Å². The molecule has 84 valence electrons. The first-order chi connectivity index (χ1) is 7.69. The van der Waals surface area contributed by atoms with Gasteiger partial charge in [-0.3, -0.25) is 0 Å². The second kappa shape index (κ2) is 4.80. The van der Waals surface area contributed by atoms with Crippen LogP contribution in [0.3, 0.4) is 0 Å². The van der Waals surface area contributed by atoms with E-state index in [4.69, 9.17) is 5.73 Å². The molecule has 1 aromatic heterocycles. The van der Waals surface area contributed by atoms with Gasteiger partial charge in [0, 0.05) is 17.0 Å². The van der Waals surface area contributed by atoms with Gasteiger partial charge in [0.1, 0.15) is 11.6 Å². The zero-order valence-electron chi connectivity index (χ0n) is 8.61. The highest BCUT2D eigenvalue weighted by Gasteiger charge is 2.08. The van der Waals surface area contributed by atoms with Gasteiger partial charge in [-0.15, -0.1) is 0 Å². The minimum absolute atomic E-state index is 0.295. The molecule has 0 aliphatic carbocycles. The van der Waals surface area contributed by atoms with Gasteiger partial charge in [-0.1, -0.05) is 18.7 Å². The van der Waals surface area contributed by atoms with Gasteiger partial charge in [0.25, 0.3) is 0 Å². The molecule has 0 radical (unpaired) electrons. The first-order valence-electron chi connectivity index (χ1n) is 4.74. The van der Waals surface area contributed by atoms with Crippen LogP contribution in [0.1, 0.15) is 12.7 Å². The fourth-order valence-corrected chi connectivity index (χ4v) is 2.84. The van der Waals surface area contributed by atoms with Crippen LogP contribution in [0.15, 0.2) is 27.4 Å². The lowest BCUT2D eigenvalue weighted by atomic mass is 10.3. The lowest BCUT2D eigenvalue weighted by Crippen LogP contribution is -1.89. The number of nitrogen functional groups attached to an aromatic ring is 1. The number of anilines is 1. The van der Waals surface area contributed by atoms with Gasteiger partial charge < -0.3 is 5.73 Å². The Balaban J connectivity index is 2.22. The van der Waals surface area contributed by atoms with Crippen LogP contribution in [0.4, 0.5) is 10.1 Å². The summed E-state index contributed by atoms with van der Waals surface area (Å²) in [6.45, 7) is 1.99. The van der Waals surface area contributed by atoms with Crippen molar-refractivity contribution in [1.29, 1.82) is 0 Å². The molecular weight excluding hydrogens is 245 g/mol. The first-order valence-corrected chi connectivity index (χ1v) is 6.33. The van der Waals surface area contributed by atoms with Crippen LogP contribution in [-0.4, -0.2) is 9.36 Å². The number of nitrogens with two attached hydrogens (primary N) is 1. The average molecular weight is 255 g/mol. The lowest BCUT2D eigenvalue weighted by Gasteiger charge is -2.01. The van der Waals surface area contributed by atoms with Crippen LogP contribution in [0.5, 0.6) is 0 Å². The van der Waals surface area contributed by atoms with E-state index in [-0.39, 0.29) is 5.82 Å². The predicted molar refractivity (Wildman–Crippen MR) is 64.2 cm³/mol. The monoisotopic (exact) mass is 255 g/mol. The molecule has 1 aromatic carbocycles. The first kappa shape index (κ1) is 11.3. The number of benzene rings is 1. The van der Waals surface area contributed by atoms with Crippen molar-refractivity contribution >= 4 is 29.0 Å². The van der Waals surface area contributed by atoms with Crippen molar-refractivity contribution in [3.8, 4) is 0 Å². The van der Waals surface area contributed by atoms with Crippen LogP contribution in [0.2, 0.25) is 0 Å². The van der Waals surface area contributed by atoms with Crippen LogP contribution in [0, 0.1) is 5.82 Å². The Hall–Kier alpha value is -1.14. The molecule has 6 heteroatoms. The second-order valence-electron chi connectivity index (χ2n) is 3.11. The van der Waals surface area contributed by atoms with Gasteiger partial charge in [-0.05, 0) is 29.7 Å². The fraction of sp³-hybridized carbons (Fsp3) is 0.200. The van der Waals surface area contributed by atoms with Gasteiger partial charge in [0.05, 0.1) is 0 Å². The quantitative estimate of drug-likeness (QED) is 0.857. The molecule has 2 rings (SSSR count). The summed E-state index contributed by atoms with van der Waals surface area (Å²) in [5.41, 5.74) is 6.30. The maximum atomic E-state index is 13.0. The van der Waals surface area contributed by atoms with Gasteiger partial charge >= 0.3 is 0 Å². The Kier molecular flexibility index (Phi) is 3.40. The number of aryl methyl sites for hydroxylation is 1. The molecule has 3 nitrogen and oxygen atoms in total. The van der Waals surface area contributed by atoms with Crippen molar-refractivity contribution in [2.24, 2.45) is 0 Å². The molecule has 0 saturated heterocycles. The third-order valence-corrected chi connectivity index (χ3v) is 3.80. The van der Waals surface area contributed by atoms with E-state index in [1.54, 1.807) is 6.07 Å². The number of nitrogens with zero attached hydrogens (tertiary/aromatic N) is 2. The number of hydrogen-bond donors (Lipinski definition) is 1. The molecule has 1 heterocycles. The van der Waals surface area contributed by atoms with E-state index < -0.39 is 0 Å². The normalized spacial score (nSPS) is 10.6. The standard InChI is InChI=1S/C10H10FN3S2/c1-2-9-13-10(16-14-9)15-8-5-6(11)3-4-7(8)12/h3-5H,2,12H2,1H3. The summed E-state index contributed by atoms with van der Waals surface area (Å²) < 4.78 is 18.0. The summed E-state index contributed by atoms with van der Waals surface area (Å²) in [4.78, 5) is 4.97. The highest BCUT2D eigenvalue weighted by Crippen LogP contribution is 2.33. The van der Waals surface area contributed by atoms with E-state index in [1.165, 1.54) is 35.4 Å². The second-order valence-corrected chi connectivity index (χ2v) is 5.16. The smallest absolute Gasteiger partial charge is 0.174 e. The molecule has 0 aliphatic rings. The Morgan fingerprint density at radius 2 is 2.31 bits per heavy atom. The molecule has 0 atom stereocenters. The Morgan fingerprint density at radius 3 is 3.00 bits per heavy atom. The summed E-state index contributed by atoms with van der Waals surface area (Å²) in [5, 5.41) is 0. The van der Waals surface area contributed by atoms with E-state index >= 15 is 0 Å². The predicted octanol–water partition coefficient (Wildman–Crippen LogP) is 2.97. The Morgan fingerprint density at radius 1 is 1.50 bits per heavy atom. The zero-order chi connectivity index (χ0) is 11.5. The largest absolute Gasteiger partial charge is 0.398 e. The number of halogens is 1. The Bertz CT molecular complexity index is 499. The molecule has 0 amide bonds. The maximum absolute atomic E-state index is 13.0. The zero-order valence-corrected chi connectivity index (χ0v) is 10.2. The third kappa shape index (κ3) is 2.51.